The summed E-state index contributed by atoms with van der Waals surface area (Å²) in [5.41, 5.74) is -1.06. The lowest BCUT2D eigenvalue weighted by atomic mass is 9.81. The summed E-state index contributed by atoms with van der Waals surface area (Å²) in [5.74, 6) is 0. The molecule has 1 aliphatic carbocycles. The van der Waals surface area contributed by atoms with Gasteiger partial charge in [0.25, 0.3) is 0 Å². The molecule has 0 saturated heterocycles. The Labute approximate surface area is 67.0 Å². The van der Waals surface area contributed by atoms with Gasteiger partial charge in [-0.3, -0.25) is 0 Å². The van der Waals surface area contributed by atoms with Crippen molar-refractivity contribution in [2.45, 2.75) is 44.0 Å². The van der Waals surface area contributed by atoms with Crippen LogP contribution in [0.3, 0.4) is 0 Å². The van der Waals surface area contributed by atoms with Gasteiger partial charge >= 0.3 is 0 Å². The maximum absolute atomic E-state index is 9.73. The molecule has 1 fully saturated rings. The number of ether oxygens (including phenoxy) is 1. The molecule has 0 aromatic rings. The van der Waals surface area contributed by atoms with Crippen LogP contribution in [0.1, 0.15) is 26.2 Å². The van der Waals surface area contributed by atoms with E-state index in [-0.39, 0.29) is 6.10 Å². The van der Waals surface area contributed by atoms with Gasteiger partial charge in [-0.25, -0.2) is 0 Å². The molecule has 3 nitrogen and oxygen atoms in total. The van der Waals surface area contributed by atoms with E-state index in [2.05, 4.69) is 0 Å². The van der Waals surface area contributed by atoms with Crippen molar-refractivity contribution in [1.82, 2.24) is 0 Å². The molecule has 3 unspecified atom stereocenters. The molecule has 2 N–H and O–H groups in total. The molecule has 66 valence electrons. The molecule has 0 radical (unpaired) electrons. The monoisotopic (exact) mass is 160 g/mol. The highest BCUT2D eigenvalue weighted by Gasteiger charge is 2.41. The number of rotatable bonds is 1. The van der Waals surface area contributed by atoms with Gasteiger partial charge in [-0.1, -0.05) is 0 Å². The van der Waals surface area contributed by atoms with E-state index >= 15 is 0 Å². The summed E-state index contributed by atoms with van der Waals surface area (Å²) in [4.78, 5) is 0. The van der Waals surface area contributed by atoms with E-state index in [1.54, 1.807) is 14.0 Å². The Morgan fingerprint density at radius 1 is 1.45 bits per heavy atom. The summed E-state index contributed by atoms with van der Waals surface area (Å²) in [7, 11) is 1.57. The van der Waals surface area contributed by atoms with Gasteiger partial charge in [0.05, 0.1) is 12.2 Å². The SMILES string of the molecule is COC1CCCC(O)C1(C)O. The number of hydrogen-bond acceptors (Lipinski definition) is 3. The Morgan fingerprint density at radius 2 is 2.09 bits per heavy atom. The van der Waals surface area contributed by atoms with Gasteiger partial charge in [0, 0.05) is 7.11 Å². The van der Waals surface area contributed by atoms with Gasteiger partial charge < -0.3 is 14.9 Å². The van der Waals surface area contributed by atoms with Gasteiger partial charge in [0.2, 0.25) is 0 Å². The number of methoxy groups -OCH3 is 1. The summed E-state index contributed by atoms with van der Waals surface area (Å²) in [6.07, 6.45) is 1.58. The summed E-state index contributed by atoms with van der Waals surface area (Å²) < 4.78 is 5.07. The fraction of sp³-hybridized carbons (Fsp3) is 1.00. The fourth-order valence-corrected chi connectivity index (χ4v) is 1.65. The Bertz CT molecular complexity index is 133. The first kappa shape index (κ1) is 8.97. The van der Waals surface area contributed by atoms with E-state index in [4.69, 9.17) is 4.74 Å². The van der Waals surface area contributed by atoms with E-state index in [9.17, 15) is 10.2 Å². The third kappa shape index (κ3) is 1.55. The van der Waals surface area contributed by atoms with Crippen molar-refractivity contribution in [2.24, 2.45) is 0 Å². The highest BCUT2D eigenvalue weighted by Crippen LogP contribution is 2.30. The molecule has 1 aliphatic rings. The molecule has 0 aromatic heterocycles. The van der Waals surface area contributed by atoms with Crippen LogP contribution in [-0.4, -0.2) is 35.1 Å². The summed E-state index contributed by atoms with van der Waals surface area (Å²) in [5, 5.41) is 19.1. The fourth-order valence-electron chi connectivity index (χ4n) is 1.65. The smallest absolute Gasteiger partial charge is 0.114 e. The number of aliphatic hydroxyl groups is 2. The molecule has 3 heteroatoms. The summed E-state index contributed by atoms with van der Waals surface area (Å²) in [6.45, 7) is 1.63. The number of aliphatic hydroxyl groups excluding tert-OH is 1. The Morgan fingerprint density at radius 3 is 2.55 bits per heavy atom. The Kier molecular flexibility index (Phi) is 2.52. The second-order valence-electron chi connectivity index (χ2n) is 3.40. The zero-order valence-corrected chi connectivity index (χ0v) is 7.08. The first-order valence-corrected chi connectivity index (χ1v) is 4.02. The van der Waals surface area contributed by atoms with Gasteiger partial charge in [-0.15, -0.1) is 0 Å². The topological polar surface area (TPSA) is 49.7 Å². The van der Waals surface area contributed by atoms with Crippen molar-refractivity contribution in [2.75, 3.05) is 7.11 Å². The standard InChI is InChI=1S/C8H16O3/c1-8(10)6(9)4-3-5-7(8)11-2/h6-7,9-10H,3-5H2,1-2H3. The third-order valence-corrected chi connectivity index (χ3v) is 2.55. The van der Waals surface area contributed by atoms with Gasteiger partial charge in [-0.05, 0) is 26.2 Å². The lowest BCUT2D eigenvalue weighted by molar-refractivity contribution is -0.166. The predicted octanol–water partition coefficient (Wildman–Crippen LogP) is 0.297. The molecular weight excluding hydrogens is 144 g/mol. The Hall–Kier alpha value is -0.120. The summed E-state index contributed by atoms with van der Waals surface area (Å²) in [6, 6.07) is 0. The van der Waals surface area contributed by atoms with Crippen molar-refractivity contribution in [3.05, 3.63) is 0 Å². The van der Waals surface area contributed by atoms with Crippen molar-refractivity contribution in [3.8, 4) is 0 Å². The van der Waals surface area contributed by atoms with Crippen LogP contribution in [0.2, 0.25) is 0 Å². The van der Waals surface area contributed by atoms with E-state index in [1.165, 1.54) is 0 Å². The van der Waals surface area contributed by atoms with Crippen molar-refractivity contribution < 1.29 is 14.9 Å². The Balaban J connectivity index is 2.64. The van der Waals surface area contributed by atoms with E-state index in [1.807, 2.05) is 0 Å². The molecule has 1 saturated carbocycles. The van der Waals surface area contributed by atoms with Crippen LogP contribution in [0.25, 0.3) is 0 Å². The van der Waals surface area contributed by atoms with Crippen LogP contribution in [0.4, 0.5) is 0 Å². The van der Waals surface area contributed by atoms with Crippen LogP contribution in [0, 0.1) is 0 Å². The van der Waals surface area contributed by atoms with Crippen molar-refractivity contribution >= 4 is 0 Å². The lowest BCUT2D eigenvalue weighted by Gasteiger charge is -2.39. The zero-order chi connectivity index (χ0) is 8.48. The normalized spacial score (nSPS) is 45.8. The van der Waals surface area contributed by atoms with Crippen LogP contribution in [-0.2, 0) is 4.74 Å². The lowest BCUT2D eigenvalue weighted by Crippen LogP contribution is -2.53. The second kappa shape index (κ2) is 3.09. The average molecular weight is 160 g/mol. The summed E-state index contributed by atoms with van der Waals surface area (Å²) >= 11 is 0. The molecule has 0 spiro atoms. The minimum atomic E-state index is -1.06. The quantitative estimate of drug-likeness (QED) is 0.580. The third-order valence-electron chi connectivity index (χ3n) is 2.55. The maximum atomic E-state index is 9.73. The second-order valence-corrected chi connectivity index (χ2v) is 3.40. The molecule has 0 heterocycles. The maximum Gasteiger partial charge on any atom is 0.114 e. The predicted molar refractivity (Wildman–Crippen MR) is 41.3 cm³/mol. The molecule has 11 heavy (non-hydrogen) atoms. The minimum absolute atomic E-state index is 0.216. The largest absolute Gasteiger partial charge is 0.390 e. The van der Waals surface area contributed by atoms with Crippen molar-refractivity contribution in [3.63, 3.8) is 0 Å². The molecule has 0 bridgehead atoms. The number of hydrogen-bond donors (Lipinski definition) is 2. The first-order chi connectivity index (χ1) is 5.09. The van der Waals surface area contributed by atoms with Gasteiger partial charge in [-0.2, -0.15) is 0 Å². The zero-order valence-electron chi connectivity index (χ0n) is 7.08. The molecule has 0 aliphatic heterocycles. The van der Waals surface area contributed by atoms with E-state index < -0.39 is 11.7 Å². The van der Waals surface area contributed by atoms with Gasteiger partial charge in [0.15, 0.2) is 0 Å². The van der Waals surface area contributed by atoms with E-state index in [0.717, 1.165) is 12.8 Å². The molecule has 3 atom stereocenters. The molecule has 0 amide bonds. The van der Waals surface area contributed by atoms with Crippen LogP contribution in [0.15, 0.2) is 0 Å². The van der Waals surface area contributed by atoms with Crippen LogP contribution < -0.4 is 0 Å². The molecule has 1 rings (SSSR count). The minimum Gasteiger partial charge on any atom is -0.390 e. The highest BCUT2D eigenvalue weighted by atomic mass is 16.5. The molecule has 0 aromatic carbocycles. The van der Waals surface area contributed by atoms with Gasteiger partial charge in [0.1, 0.15) is 5.60 Å². The first-order valence-electron chi connectivity index (χ1n) is 4.02. The molecular formula is C8H16O3. The average Bonchev–Trinajstić information content (AvgIpc) is 1.95. The highest BCUT2D eigenvalue weighted by molar-refractivity contribution is 4.93. The van der Waals surface area contributed by atoms with Crippen molar-refractivity contribution in [1.29, 1.82) is 0 Å². The van der Waals surface area contributed by atoms with E-state index in [0.29, 0.717) is 6.42 Å². The van der Waals surface area contributed by atoms with Crippen LogP contribution >= 0.6 is 0 Å². The van der Waals surface area contributed by atoms with Crippen LogP contribution in [0.5, 0.6) is 0 Å².